The maximum atomic E-state index is 13.3. The van der Waals surface area contributed by atoms with Gasteiger partial charge in [-0.25, -0.2) is 4.39 Å². The van der Waals surface area contributed by atoms with Gasteiger partial charge in [-0.3, -0.25) is 4.79 Å². The normalized spacial score (nSPS) is 9.88. The SMILES string of the molecule is NC(=S)CNC(=O)Cc1c(F)cccc1Cl. The highest BCUT2D eigenvalue weighted by atomic mass is 35.5. The zero-order valence-corrected chi connectivity index (χ0v) is 9.87. The Morgan fingerprint density at radius 2 is 2.25 bits per heavy atom. The van der Waals surface area contributed by atoms with Gasteiger partial charge in [0.05, 0.1) is 18.0 Å². The molecule has 0 spiro atoms. The summed E-state index contributed by atoms with van der Waals surface area (Å²) in [7, 11) is 0. The Balaban J connectivity index is 2.66. The molecule has 0 heterocycles. The van der Waals surface area contributed by atoms with E-state index in [9.17, 15) is 9.18 Å². The van der Waals surface area contributed by atoms with Crippen LogP contribution in [0.3, 0.4) is 0 Å². The van der Waals surface area contributed by atoms with Crippen molar-refractivity contribution in [3.8, 4) is 0 Å². The summed E-state index contributed by atoms with van der Waals surface area (Å²) in [5.41, 5.74) is 5.38. The monoisotopic (exact) mass is 260 g/mol. The Hall–Kier alpha value is -1.20. The minimum atomic E-state index is -0.502. The summed E-state index contributed by atoms with van der Waals surface area (Å²) < 4.78 is 13.3. The Morgan fingerprint density at radius 1 is 1.56 bits per heavy atom. The van der Waals surface area contributed by atoms with Gasteiger partial charge in [-0.15, -0.1) is 0 Å². The lowest BCUT2D eigenvalue weighted by molar-refractivity contribution is -0.120. The number of benzene rings is 1. The first-order valence-electron chi connectivity index (χ1n) is 4.48. The zero-order chi connectivity index (χ0) is 12.1. The molecule has 1 rings (SSSR count). The molecule has 0 unspecified atom stereocenters. The molecule has 6 heteroatoms. The van der Waals surface area contributed by atoms with E-state index < -0.39 is 5.82 Å². The maximum absolute atomic E-state index is 13.3. The van der Waals surface area contributed by atoms with E-state index in [4.69, 9.17) is 17.3 Å². The second kappa shape index (κ2) is 5.77. The Bertz CT molecular complexity index is 405. The van der Waals surface area contributed by atoms with Gasteiger partial charge in [-0.1, -0.05) is 29.9 Å². The number of carbonyl (C=O) groups excluding carboxylic acids is 1. The van der Waals surface area contributed by atoms with E-state index in [1.807, 2.05) is 0 Å². The molecule has 16 heavy (non-hydrogen) atoms. The van der Waals surface area contributed by atoms with Crippen LogP contribution in [0.4, 0.5) is 4.39 Å². The van der Waals surface area contributed by atoms with Crippen molar-refractivity contribution in [3.05, 3.63) is 34.6 Å². The highest BCUT2D eigenvalue weighted by molar-refractivity contribution is 7.80. The van der Waals surface area contributed by atoms with Gasteiger partial charge in [0.15, 0.2) is 0 Å². The zero-order valence-electron chi connectivity index (χ0n) is 8.30. The average molecular weight is 261 g/mol. The third kappa shape index (κ3) is 3.75. The summed E-state index contributed by atoms with van der Waals surface area (Å²) in [6.45, 7) is 0.0975. The van der Waals surface area contributed by atoms with E-state index in [0.717, 1.165) is 0 Å². The summed E-state index contributed by atoms with van der Waals surface area (Å²) in [5, 5.41) is 2.68. The van der Waals surface area contributed by atoms with E-state index >= 15 is 0 Å². The smallest absolute Gasteiger partial charge is 0.224 e. The number of thiocarbonyl (C=S) groups is 1. The quantitative estimate of drug-likeness (QED) is 0.805. The topological polar surface area (TPSA) is 55.1 Å². The van der Waals surface area contributed by atoms with Crippen LogP contribution in [0.25, 0.3) is 0 Å². The fourth-order valence-electron chi connectivity index (χ4n) is 1.11. The number of carbonyl (C=O) groups is 1. The van der Waals surface area contributed by atoms with Crippen molar-refractivity contribution in [2.24, 2.45) is 5.73 Å². The van der Waals surface area contributed by atoms with Crippen LogP contribution in [0.2, 0.25) is 5.02 Å². The molecule has 0 aromatic heterocycles. The second-order valence-electron chi connectivity index (χ2n) is 3.12. The van der Waals surface area contributed by atoms with Gasteiger partial charge in [0.25, 0.3) is 0 Å². The number of nitrogens with one attached hydrogen (secondary N) is 1. The van der Waals surface area contributed by atoms with Crippen molar-refractivity contribution in [1.29, 1.82) is 0 Å². The number of amides is 1. The summed E-state index contributed by atoms with van der Waals surface area (Å²) in [6.07, 6.45) is -0.131. The molecule has 1 aromatic carbocycles. The highest BCUT2D eigenvalue weighted by Crippen LogP contribution is 2.19. The molecule has 0 aliphatic carbocycles. The fraction of sp³-hybridized carbons (Fsp3) is 0.200. The van der Waals surface area contributed by atoms with Crippen LogP contribution in [0, 0.1) is 5.82 Å². The lowest BCUT2D eigenvalue weighted by Crippen LogP contribution is -2.33. The Labute approximate surface area is 103 Å². The fourth-order valence-corrected chi connectivity index (χ4v) is 1.41. The molecule has 0 bridgehead atoms. The molecule has 0 saturated carbocycles. The van der Waals surface area contributed by atoms with Gasteiger partial charge >= 0.3 is 0 Å². The third-order valence-corrected chi connectivity index (χ3v) is 2.36. The van der Waals surface area contributed by atoms with Crippen molar-refractivity contribution in [3.63, 3.8) is 0 Å². The minimum absolute atomic E-state index is 0.0975. The molecule has 1 amide bonds. The molecule has 0 aliphatic heterocycles. The van der Waals surface area contributed by atoms with Crippen LogP contribution in [0.15, 0.2) is 18.2 Å². The summed E-state index contributed by atoms with van der Waals surface area (Å²) in [6, 6.07) is 4.26. The molecule has 3 N–H and O–H groups in total. The highest BCUT2D eigenvalue weighted by Gasteiger charge is 2.11. The average Bonchev–Trinajstić information content (AvgIpc) is 2.21. The molecule has 3 nitrogen and oxygen atoms in total. The van der Waals surface area contributed by atoms with E-state index in [1.54, 1.807) is 0 Å². The number of hydrogen-bond acceptors (Lipinski definition) is 2. The van der Waals surface area contributed by atoms with Gasteiger partial charge in [0.2, 0.25) is 5.91 Å². The van der Waals surface area contributed by atoms with Crippen LogP contribution in [0.1, 0.15) is 5.56 Å². The molecule has 86 valence electrons. The van der Waals surface area contributed by atoms with Gasteiger partial charge in [0.1, 0.15) is 5.82 Å². The number of nitrogens with two attached hydrogens (primary N) is 1. The van der Waals surface area contributed by atoms with Crippen molar-refractivity contribution >= 4 is 34.7 Å². The van der Waals surface area contributed by atoms with Crippen LogP contribution < -0.4 is 11.1 Å². The van der Waals surface area contributed by atoms with E-state index in [-0.39, 0.29) is 34.4 Å². The standard InChI is InChI=1S/C10H10ClFN2OS/c11-7-2-1-3-8(12)6(7)4-10(15)14-5-9(13)16/h1-3H,4-5H2,(H2,13,16)(H,14,15). The molecule has 0 atom stereocenters. The third-order valence-electron chi connectivity index (χ3n) is 1.86. The molecule has 0 fully saturated rings. The predicted octanol–water partition coefficient (Wildman–Crippen LogP) is 1.42. The molecule has 0 radical (unpaired) electrons. The summed E-state index contributed by atoms with van der Waals surface area (Å²) >= 11 is 10.4. The first kappa shape index (κ1) is 12.9. The first-order valence-corrected chi connectivity index (χ1v) is 5.27. The molecular formula is C10H10ClFN2OS. The number of hydrogen-bond donors (Lipinski definition) is 2. The van der Waals surface area contributed by atoms with Crippen molar-refractivity contribution in [2.45, 2.75) is 6.42 Å². The van der Waals surface area contributed by atoms with Crippen LogP contribution in [0.5, 0.6) is 0 Å². The second-order valence-corrected chi connectivity index (χ2v) is 4.05. The minimum Gasteiger partial charge on any atom is -0.392 e. The van der Waals surface area contributed by atoms with Crippen LogP contribution >= 0.6 is 23.8 Å². The molecule has 1 aromatic rings. The van der Waals surface area contributed by atoms with Crippen molar-refractivity contribution < 1.29 is 9.18 Å². The van der Waals surface area contributed by atoms with Gasteiger partial charge in [0, 0.05) is 10.6 Å². The van der Waals surface area contributed by atoms with Crippen molar-refractivity contribution in [2.75, 3.05) is 6.54 Å². The summed E-state index contributed by atoms with van der Waals surface area (Å²) in [5.74, 6) is -0.877. The number of rotatable bonds is 4. The first-order chi connectivity index (χ1) is 7.50. The van der Waals surface area contributed by atoms with E-state index in [1.165, 1.54) is 18.2 Å². The Kier molecular flexibility index (Phi) is 4.64. The Morgan fingerprint density at radius 3 is 2.81 bits per heavy atom. The predicted molar refractivity (Wildman–Crippen MR) is 64.9 cm³/mol. The van der Waals surface area contributed by atoms with Crippen molar-refractivity contribution in [1.82, 2.24) is 5.32 Å². The summed E-state index contributed by atoms with van der Waals surface area (Å²) in [4.78, 5) is 11.5. The van der Waals surface area contributed by atoms with E-state index in [0.29, 0.717) is 0 Å². The molecule has 0 aliphatic rings. The lowest BCUT2D eigenvalue weighted by atomic mass is 10.1. The van der Waals surface area contributed by atoms with E-state index in [2.05, 4.69) is 17.5 Å². The number of halogens is 2. The molecule has 0 saturated heterocycles. The lowest BCUT2D eigenvalue weighted by Gasteiger charge is -2.06. The van der Waals surface area contributed by atoms with Gasteiger partial charge in [-0.05, 0) is 12.1 Å². The van der Waals surface area contributed by atoms with Crippen LogP contribution in [-0.4, -0.2) is 17.4 Å². The largest absolute Gasteiger partial charge is 0.392 e. The van der Waals surface area contributed by atoms with Gasteiger partial charge in [-0.2, -0.15) is 0 Å². The molecular weight excluding hydrogens is 251 g/mol. The van der Waals surface area contributed by atoms with Crippen LogP contribution in [-0.2, 0) is 11.2 Å². The van der Waals surface area contributed by atoms with Gasteiger partial charge < -0.3 is 11.1 Å². The maximum Gasteiger partial charge on any atom is 0.224 e.